The Labute approximate surface area is 110 Å². The van der Waals surface area contributed by atoms with Gasteiger partial charge in [0.2, 0.25) is 0 Å². The molecule has 1 rings (SSSR count). The number of nitrogens with zero attached hydrogens (tertiary/aromatic N) is 1. The Kier molecular flexibility index (Phi) is 4.38. The molecule has 0 radical (unpaired) electrons. The Hall–Kier alpha value is -1.51. The fourth-order valence-corrected chi connectivity index (χ4v) is 1.57. The van der Waals surface area contributed by atoms with E-state index in [4.69, 9.17) is 0 Å². The normalized spacial score (nSPS) is 11.5. The van der Waals surface area contributed by atoms with Crippen LogP contribution in [-0.2, 0) is 0 Å². The van der Waals surface area contributed by atoms with E-state index in [1.54, 1.807) is 0 Å². The molecule has 0 fully saturated rings. The van der Waals surface area contributed by atoms with Gasteiger partial charge in [-0.1, -0.05) is 0 Å². The highest BCUT2D eigenvalue weighted by Gasteiger charge is 2.17. The second kappa shape index (κ2) is 5.42. The quantitative estimate of drug-likeness (QED) is 0.891. The van der Waals surface area contributed by atoms with Gasteiger partial charge in [-0.05, 0) is 58.9 Å². The highest BCUT2D eigenvalue weighted by atomic mass is 16.1. The summed E-state index contributed by atoms with van der Waals surface area (Å²) in [4.78, 5) is 14.0. The second-order valence-electron chi connectivity index (χ2n) is 5.90. The van der Waals surface area contributed by atoms with Crippen LogP contribution in [0.4, 0.5) is 5.69 Å². The summed E-state index contributed by atoms with van der Waals surface area (Å²) in [5.74, 6) is -0.0186. The zero-order valence-corrected chi connectivity index (χ0v) is 12.2. The molecule has 0 unspecified atom stereocenters. The summed E-state index contributed by atoms with van der Waals surface area (Å²) < 4.78 is 0. The number of benzene rings is 1. The average molecular weight is 248 g/mol. The van der Waals surface area contributed by atoms with E-state index in [1.165, 1.54) is 0 Å². The van der Waals surface area contributed by atoms with Crippen LogP contribution in [0.5, 0.6) is 0 Å². The zero-order valence-electron chi connectivity index (χ0n) is 12.2. The second-order valence-corrected chi connectivity index (χ2v) is 5.90. The molecule has 100 valence electrons. The molecular weight excluding hydrogens is 224 g/mol. The molecule has 0 spiro atoms. The number of hydrogen-bond donors (Lipinski definition) is 1. The molecular formula is C15H24N2O. The van der Waals surface area contributed by atoms with Gasteiger partial charge in [-0.2, -0.15) is 0 Å². The summed E-state index contributed by atoms with van der Waals surface area (Å²) >= 11 is 0. The van der Waals surface area contributed by atoms with Crippen molar-refractivity contribution in [2.75, 3.05) is 11.9 Å². The lowest BCUT2D eigenvalue weighted by atomic mass is 10.1. The Balaban J connectivity index is 2.83. The van der Waals surface area contributed by atoms with Crippen LogP contribution in [0.1, 0.15) is 45.0 Å². The van der Waals surface area contributed by atoms with Crippen molar-refractivity contribution < 1.29 is 4.79 Å². The molecule has 0 saturated carbocycles. The minimum absolute atomic E-state index is 0.0186. The Bertz CT molecular complexity index is 401. The third-order valence-corrected chi connectivity index (χ3v) is 2.94. The number of hydrogen-bond acceptors (Lipinski definition) is 2. The largest absolute Gasteiger partial charge is 0.370 e. The predicted octanol–water partition coefficient (Wildman–Crippen LogP) is 3.06. The molecule has 1 aromatic carbocycles. The monoisotopic (exact) mass is 248 g/mol. The molecule has 0 aliphatic rings. The van der Waals surface area contributed by atoms with Crippen molar-refractivity contribution in [1.29, 1.82) is 0 Å². The van der Waals surface area contributed by atoms with E-state index < -0.39 is 0 Å². The number of nitrogens with one attached hydrogen (secondary N) is 1. The third kappa shape index (κ3) is 3.76. The van der Waals surface area contributed by atoms with Crippen molar-refractivity contribution in [2.24, 2.45) is 0 Å². The smallest absolute Gasteiger partial charge is 0.251 e. The van der Waals surface area contributed by atoms with Gasteiger partial charge in [-0.3, -0.25) is 4.79 Å². The fourth-order valence-electron chi connectivity index (χ4n) is 1.57. The summed E-state index contributed by atoms with van der Waals surface area (Å²) in [7, 11) is 2.06. The molecule has 18 heavy (non-hydrogen) atoms. The van der Waals surface area contributed by atoms with E-state index in [9.17, 15) is 4.79 Å². The van der Waals surface area contributed by atoms with Gasteiger partial charge in [-0.15, -0.1) is 0 Å². The van der Waals surface area contributed by atoms with Crippen molar-refractivity contribution in [3.8, 4) is 0 Å². The van der Waals surface area contributed by atoms with Gasteiger partial charge in [0.15, 0.2) is 0 Å². The highest BCUT2D eigenvalue weighted by molar-refractivity contribution is 5.94. The van der Waals surface area contributed by atoms with Gasteiger partial charge in [-0.25, -0.2) is 0 Å². The van der Waals surface area contributed by atoms with Crippen molar-refractivity contribution in [3.63, 3.8) is 0 Å². The Morgan fingerprint density at radius 1 is 1.17 bits per heavy atom. The molecule has 1 aromatic rings. The molecule has 0 saturated heterocycles. The molecule has 0 bridgehead atoms. The molecule has 3 nitrogen and oxygen atoms in total. The van der Waals surface area contributed by atoms with Crippen LogP contribution in [0.3, 0.4) is 0 Å². The zero-order chi connectivity index (χ0) is 13.9. The van der Waals surface area contributed by atoms with Crippen LogP contribution in [0.15, 0.2) is 24.3 Å². The number of anilines is 1. The van der Waals surface area contributed by atoms with E-state index in [-0.39, 0.29) is 17.5 Å². The molecule has 3 heteroatoms. The first kappa shape index (κ1) is 14.6. The molecule has 1 amide bonds. The minimum Gasteiger partial charge on any atom is -0.370 e. The first-order chi connectivity index (χ1) is 8.21. The summed E-state index contributed by atoms with van der Waals surface area (Å²) in [5, 5.41) is 2.89. The Morgan fingerprint density at radius 3 is 2.06 bits per heavy atom. The van der Waals surface area contributed by atoms with E-state index in [2.05, 4.69) is 38.0 Å². The molecule has 0 heterocycles. The number of amides is 1. The van der Waals surface area contributed by atoms with Crippen LogP contribution in [-0.4, -0.2) is 24.5 Å². The van der Waals surface area contributed by atoms with E-state index in [1.807, 2.05) is 38.1 Å². The maximum absolute atomic E-state index is 11.8. The predicted molar refractivity (Wildman–Crippen MR) is 77.2 cm³/mol. The van der Waals surface area contributed by atoms with Crippen molar-refractivity contribution >= 4 is 11.6 Å². The van der Waals surface area contributed by atoms with Gasteiger partial charge < -0.3 is 10.2 Å². The van der Waals surface area contributed by atoms with Gasteiger partial charge in [0.25, 0.3) is 5.91 Å². The van der Waals surface area contributed by atoms with Crippen LogP contribution >= 0.6 is 0 Å². The van der Waals surface area contributed by atoms with Gasteiger partial charge in [0, 0.05) is 29.9 Å². The average Bonchev–Trinajstić information content (AvgIpc) is 2.26. The summed E-state index contributed by atoms with van der Waals surface area (Å²) in [6.45, 7) is 10.4. The summed E-state index contributed by atoms with van der Waals surface area (Å²) in [5.41, 5.74) is 1.89. The van der Waals surface area contributed by atoms with Crippen LogP contribution in [0.2, 0.25) is 0 Å². The number of carbonyl (C=O) groups excluding carboxylic acids is 1. The standard InChI is InChI=1S/C15H24N2O/c1-11(2)16-14(18)12-7-9-13(10-8-12)17(6)15(3,4)5/h7-11H,1-6H3,(H,16,18). The Morgan fingerprint density at radius 2 is 1.67 bits per heavy atom. The fraction of sp³-hybridized carbons (Fsp3) is 0.533. The number of carbonyl (C=O) groups is 1. The van der Waals surface area contributed by atoms with E-state index >= 15 is 0 Å². The lowest BCUT2D eigenvalue weighted by molar-refractivity contribution is 0.0943. The highest BCUT2D eigenvalue weighted by Crippen LogP contribution is 2.21. The van der Waals surface area contributed by atoms with Gasteiger partial charge in [0.1, 0.15) is 0 Å². The van der Waals surface area contributed by atoms with Crippen LogP contribution < -0.4 is 10.2 Å². The molecule has 0 atom stereocenters. The third-order valence-electron chi connectivity index (χ3n) is 2.94. The van der Waals surface area contributed by atoms with Gasteiger partial charge >= 0.3 is 0 Å². The van der Waals surface area contributed by atoms with Crippen molar-refractivity contribution in [2.45, 2.75) is 46.2 Å². The van der Waals surface area contributed by atoms with E-state index in [0.717, 1.165) is 5.69 Å². The lowest BCUT2D eigenvalue weighted by Gasteiger charge is -2.34. The summed E-state index contributed by atoms with van der Waals surface area (Å²) in [6, 6.07) is 7.88. The molecule has 0 aromatic heterocycles. The topological polar surface area (TPSA) is 32.3 Å². The van der Waals surface area contributed by atoms with Gasteiger partial charge in [0.05, 0.1) is 0 Å². The summed E-state index contributed by atoms with van der Waals surface area (Å²) in [6.07, 6.45) is 0. The first-order valence-corrected chi connectivity index (χ1v) is 6.36. The molecule has 0 aliphatic heterocycles. The molecule has 0 aliphatic carbocycles. The van der Waals surface area contributed by atoms with Crippen LogP contribution in [0.25, 0.3) is 0 Å². The molecule has 1 N–H and O–H groups in total. The maximum atomic E-state index is 11.8. The minimum atomic E-state index is -0.0186. The lowest BCUT2D eigenvalue weighted by Crippen LogP contribution is -2.38. The SMILES string of the molecule is CC(C)NC(=O)c1ccc(N(C)C(C)(C)C)cc1. The van der Waals surface area contributed by atoms with Crippen molar-refractivity contribution in [3.05, 3.63) is 29.8 Å². The van der Waals surface area contributed by atoms with Crippen LogP contribution in [0, 0.1) is 0 Å². The van der Waals surface area contributed by atoms with Crippen molar-refractivity contribution in [1.82, 2.24) is 5.32 Å². The maximum Gasteiger partial charge on any atom is 0.251 e. The van der Waals surface area contributed by atoms with E-state index in [0.29, 0.717) is 5.56 Å². The number of rotatable bonds is 3. The first-order valence-electron chi connectivity index (χ1n) is 6.36.